The first kappa shape index (κ1) is 31.0. The van der Waals surface area contributed by atoms with Crippen LogP contribution in [0.25, 0.3) is 33.2 Å². The molecule has 0 aliphatic carbocycles. The topological polar surface area (TPSA) is 170 Å². The summed E-state index contributed by atoms with van der Waals surface area (Å²) >= 11 is 0. The van der Waals surface area contributed by atoms with Crippen LogP contribution in [0.2, 0.25) is 0 Å². The van der Waals surface area contributed by atoms with Crippen molar-refractivity contribution in [3.05, 3.63) is 72.3 Å². The van der Waals surface area contributed by atoms with Crippen LogP contribution in [0, 0.1) is 0 Å². The zero-order chi connectivity index (χ0) is 30.9. The highest BCUT2D eigenvalue weighted by molar-refractivity contribution is 7.89. The van der Waals surface area contributed by atoms with Crippen LogP contribution in [0.3, 0.4) is 0 Å². The number of alkyl halides is 6. The zero-order valence-electron chi connectivity index (χ0n) is 21.1. The SMILES string of the molecule is NCCNS(=O)(=O)c1ccc(-c2ccnc3[nH]c(C(F)(F)F)cc23)cc1.OB(O)c1ccnc2[nH]c(C(F)(F)F)cc12. The molecular formula is C24H21BF6N6O4S. The van der Waals surface area contributed by atoms with Gasteiger partial charge in [-0.2, -0.15) is 26.3 Å². The molecular weight excluding hydrogens is 593 g/mol. The Morgan fingerprint density at radius 1 is 0.833 bits per heavy atom. The monoisotopic (exact) mass is 614 g/mol. The van der Waals surface area contributed by atoms with Gasteiger partial charge in [0.25, 0.3) is 0 Å². The van der Waals surface area contributed by atoms with E-state index in [1.165, 1.54) is 42.7 Å². The fourth-order valence-electron chi connectivity index (χ4n) is 3.95. The van der Waals surface area contributed by atoms with Crippen LogP contribution in [-0.2, 0) is 22.4 Å². The molecule has 42 heavy (non-hydrogen) atoms. The fraction of sp³-hybridized carbons (Fsp3) is 0.167. The molecule has 0 fully saturated rings. The van der Waals surface area contributed by atoms with Crippen LogP contribution < -0.4 is 15.9 Å². The van der Waals surface area contributed by atoms with Crippen LogP contribution >= 0.6 is 0 Å². The quantitative estimate of drug-likeness (QED) is 0.126. The number of sulfonamides is 1. The number of H-pyrrole nitrogens is 2. The smallest absolute Gasteiger partial charge is 0.423 e. The van der Waals surface area contributed by atoms with Crippen molar-refractivity contribution in [2.45, 2.75) is 17.2 Å². The number of rotatable bonds is 6. The van der Waals surface area contributed by atoms with Crippen molar-refractivity contribution < 1.29 is 44.8 Å². The van der Waals surface area contributed by atoms with Gasteiger partial charge in [-0.1, -0.05) is 12.1 Å². The van der Waals surface area contributed by atoms with Crippen molar-refractivity contribution in [2.75, 3.05) is 13.1 Å². The second-order valence-corrected chi connectivity index (χ2v) is 10.5. The number of aromatic nitrogens is 4. The molecule has 0 unspecified atom stereocenters. The number of hydrogen-bond donors (Lipinski definition) is 6. The van der Waals surface area contributed by atoms with E-state index in [1.807, 2.05) is 0 Å². The van der Waals surface area contributed by atoms with E-state index >= 15 is 0 Å². The normalized spacial score (nSPS) is 12.4. The highest BCUT2D eigenvalue weighted by Crippen LogP contribution is 2.35. The molecule has 0 bridgehead atoms. The van der Waals surface area contributed by atoms with Crippen LogP contribution in [-0.4, -0.2) is 58.6 Å². The molecule has 5 rings (SSSR count). The minimum absolute atomic E-state index is 0.0169. The number of fused-ring (bicyclic) bond motifs is 2. The van der Waals surface area contributed by atoms with Crippen molar-refractivity contribution in [1.82, 2.24) is 24.7 Å². The molecule has 10 nitrogen and oxygen atoms in total. The van der Waals surface area contributed by atoms with Crippen molar-refractivity contribution in [3.63, 3.8) is 0 Å². The van der Waals surface area contributed by atoms with E-state index < -0.39 is 40.9 Å². The van der Waals surface area contributed by atoms with Gasteiger partial charge in [-0.3, -0.25) is 0 Å². The van der Waals surface area contributed by atoms with Gasteiger partial charge < -0.3 is 25.7 Å². The van der Waals surface area contributed by atoms with E-state index in [0.717, 1.165) is 12.1 Å². The molecule has 0 saturated carbocycles. The number of nitrogens with two attached hydrogens (primary N) is 1. The van der Waals surface area contributed by atoms with E-state index in [2.05, 4.69) is 24.7 Å². The third-order valence-corrected chi connectivity index (χ3v) is 7.38. The van der Waals surface area contributed by atoms with E-state index in [4.69, 9.17) is 15.8 Å². The lowest BCUT2D eigenvalue weighted by molar-refractivity contribution is -0.141. The van der Waals surface area contributed by atoms with Crippen molar-refractivity contribution >= 4 is 44.7 Å². The summed E-state index contributed by atoms with van der Waals surface area (Å²) in [7, 11) is -5.51. The Bertz CT molecular complexity index is 1800. The maximum atomic E-state index is 12.9. The Balaban J connectivity index is 0.000000216. The van der Waals surface area contributed by atoms with Crippen molar-refractivity contribution in [2.24, 2.45) is 5.73 Å². The van der Waals surface area contributed by atoms with Gasteiger partial charge >= 0.3 is 19.5 Å². The van der Waals surface area contributed by atoms with Gasteiger partial charge in [0.1, 0.15) is 22.7 Å². The zero-order valence-corrected chi connectivity index (χ0v) is 21.9. The molecule has 4 aromatic heterocycles. The Morgan fingerprint density at radius 3 is 1.88 bits per heavy atom. The highest BCUT2D eigenvalue weighted by Gasteiger charge is 2.34. The molecule has 0 saturated heterocycles. The molecule has 0 amide bonds. The van der Waals surface area contributed by atoms with E-state index in [-0.39, 0.29) is 40.1 Å². The molecule has 0 spiro atoms. The Morgan fingerprint density at radius 2 is 1.36 bits per heavy atom. The van der Waals surface area contributed by atoms with Crippen molar-refractivity contribution in [1.29, 1.82) is 0 Å². The molecule has 18 heteroatoms. The van der Waals surface area contributed by atoms with Gasteiger partial charge in [-0.15, -0.1) is 0 Å². The molecule has 0 atom stereocenters. The second kappa shape index (κ2) is 11.7. The largest absolute Gasteiger partial charge is 0.489 e. The van der Waals surface area contributed by atoms with E-state index in [0.29, 0.717) is 16.5 Å². The summed E-state index contributed by atoms with van der Waals surface area (Å²) in [6, 6.07) is 10.5. The van der Waals surface area contributed by atoms with E-state index in [1.54, 1.807) is 6.07 Å². The maximum Gasteiger partial charge on any atom is 0.489 e. The third-order valence-electron chi connectivity index (χ3n) is 5.90. The summed E-state index contributed by atoms with van der Waals surface area (Å²) in [5.41, 5.74) is 4.57. The van der Waals surface area contributed by atoms with Crippen LogP contribution in [0.15, 0.2) is 65.8 Å². The van der Waals surface area contributed by atoms with Gasteiger partial charge in [0.15, 0.2) is 0 Å². The average molecular weight is 614 g/mol. The molecule has 0 aliphatic rings. The Hall–Kier alpha value is -3.97. The first-order valence-electron chi connectivity index (χ1n) is 11.9. The van der Waals surface area contributed by atoms with Crippen LogP contribution in [0.4, 0.5) is 26.3 Å². The summed E-state index contributed by atoms with van der Waals surface area (Å²) < 4.78 is 102. The second-order valence-electron chi connectivity index (χ2n) is 8.73. The fourth-order valence-corrected chi connectivity index (χ4v) is 4.99. The van der Waals surface area contributed by atoms with Gasteiger partial charge in [-0.25, -0.2) is 23.1 Å². The molecule has 0 radical (unpaired) electrons. The number of benzene rings is 1. The number of nitrogens with zero attached hydrogens (tertiary/aromatic N) is 2. The van der Waals surface area contributed by atoms with Crippen molar-refractivity contribution in [3.8, 4) is 11.1 Å². The number of aromatic amines is 2. The predicted octanol–water partition coefficient (Wildman–Crippen LogP) is 2.75. The van der Waals surface area contributed by atoms with E-state index in [9.17, 15) is 34.8 Å². The Kier molecular flexibility index (Phi) is 8.65. The predicted molar refractivity (Wildman–Crippen MR) is 142 cm³/mol. The van der Waals surface area contributed by atoms with Crippen LogP contribution in [0.1, 0.15) is 11.4 Å². The summed E-state index contributed by atoms with van der Waals surface area (Å²) in [5, 5.41) is 18.3. The summed E-state index contributed by atoms with van der Waals surface area (Å²) in [5.74, 6) is 0. The summed E-state index contributed by atoms with van der Waals surface area (Å²) in [6.07, 6.45) is -6.43. The molecule has 1 aromatic carbocycles. The lowest BCUT2D eigenvalue weighted by Gasteiger charge is -2.07. The minimum atomic E-state index is -4.52. The molecule has 0 aliphatic heterocycles. The number of nitrogens with one attached hydrogen (secondary N) is 3. The highest BCUT2D eigenvalue weighted by atomic mass is 32.2. The molecule has 5 aromatic rings. The minimum Gasteiger partial charge on any atom is -0.423 e. The number of hydrogen-bond acceptors (Lipinski definition) is 7. The molecule has 4 heterocycles. The standard InChI is InChI=1S/C16H15F3N4O2S.C8H6BF3N2O2/c17-16(18,19)14-9-13-12(5-7-21-15(13)23-14)10-1-3-11(4-2-10)26(24,25)22-8-6-20;10-8(11,12)6-3-4-5(9(15)16)1-2-13-7(4)14-6/h1-5,7,9,22H,6,8,20H2,(H,21,23);1-3,15-16H,(H,13,14). The molecule has 222 valence electrons. The lowest BCUT2D eigenvalue weighted by atomic mass is 9.79. The van der Waals surface area contributed by atoms with Crippen LogP contribution in [0.5, 0.6) is 0 Å². The van der Waals surface area contributed by atoms with Gasteiger partial charge in [0, 0.05) is 36.3 Å². The Labute approximate surface area is 233 Å². The van der Waals surface area contributed by atoms with Gasteiger partial charge in [-0.05, 0) is 53.0 Å². The van der Waals surface area contributed by atoms with Gasteiger partial charge in [0.05, 0.1) is 4.90 Å². The first-order chi connectivity index (χ1) is 19.6. The lowest BCUT2D eigenvalue weighted by Crippen LogP contribution is -2.30. The third kappa shape index (κ3) is 6.74. The average Bonchev–Trinajstić information content (AvgIpc) is 3.57. The summed E-state index contributed by atoms with van der Waals surface area (Å²) in [4.78, 5) is 12.0. The summed E-state index contributed by atoms with van der Waals surface area (Å²) in [6.45, 7) is 0.278. The maximum absolute atomic E-state index is 12.9. The molecule has 7 N–H and O–H groups in total. The number of pyridine rings is 2. The van der Waals surface area contributed by atoms with Gasteiger partial charge in [0.2, 0.25) is 10.0 Å². The first-order valence-corrected chi connectivity index (χ1v) is 13.4. The number of halogens is 6.